The third-order valence-electron chi connectivity index (χ3n) is 5.70. The van der Waals surface area contributed by atoms with Gasteiger partial charge in [0.05, 0.1) is 17.6 Å². The molecule has 0 spiro atoms. The van der Waals surface area contributed by atoms with E-state index in [0.717, 1.165) is 0 Å². The molecular formula is C20H24O7. The zero-order chi connectivity index (χ0) is 20.1. The maximum atomic E-state index is 12.6. The summed E-state index contributed by atoms with van der Waals surface area (Å²) in [5.41, 5.74) is -0.246. The minimum Gasteiger partial charge on any atom is -0.458 e. The Morgan fingerprint density at radius 2 is 2.00 bits per heavy atom. The normalized spacial score (nSPS) is 39.4. The number of carbonyl (C=O) groups excluding carboxylic acids is 3. The highest BCUT2D eigenvalue weighted by molar-refractivity contribution is 5.98. The van der Waals surface area contributed by atoms with Crippen molar-refractivity contribution in [1.29, 1.82) is 0 Å². The highest BCUT2D eigenvalue weighted by Crippen LogP contribution is 2.48. The van der Waals surface area contributed by atoms with Gasteiger partial charge in [-0.15, -0.1) is 0 Å². The van der Waals surface area contributed by atoms with Gasteiger partial charge in [0.1, 0.15) is 12.2 Å². The summed E-state index contributed by atoms with van der Waals surface area (Å²) in [7, 11) is 0. The first kappa shape index (κ1) is 19.5. The van der Waals surface area contributed by atoms with Gasteiger partial charge in [-0.25, -0.2) is 9.59 Å². The highest BCUT2D eigenvalue weighted by Gasteiger charge is 2.59. The summed E-state index contributed by atoms with van der Waals surface area (Å²) in [6, 6.07) is 0. The number of aliphatic hydroxyl groups excluding tert-OH is 1. The van der Waals surface area contributed by atoms with Crippen LogP contribution in [0.3, 0.4) is 0 Å². The molecule has 0 unspecified atom stereocenters. The molecule has 1 N–H and O–H groups in total. The molecule has 27 heavy (non-hydrogen) atoms. The molecule has 1 saturated carbocycles. The fourth-order valence-corrected chi connectivity index (χ4v) is 3.69. The van der Waals surface area contributed by atoms with Crippen LogP contribution in [0.25, 0.3) is 0 Å². The van der Waals surface area contributed by atoms with Gasteiger partial charge in [0, 0.05) is 29.6 Å². The predicted octanol–water partition coefficient (Wildman–Crippen LogP) is 1.40. The Hall–Kier alpha value is -2.25. The van der Waals surface area contributed by atoms with Crippen molar-refractivity contribution in [3.8, 4) is 0 Å². The molecule has 0 aromatic rings. The Morgan fingerprint density at radius 3 is 2.63 bits per heavy atom. The van der Waals surface area contributed by atoms with Crippen LogP contribution < -0.4 is 0 Å². The summed E-state index contributed by atoms with van der Waals surface area (Å²) in [4.78, 5) is 36.9. The van der Waals surface area contributed by atoms with Gasteiger partial charge in [-0.1, -0.05) is 19.2 Å². The topological polar surface area (TPSA) is 102 Å². The number of carbonyl (C=O) groups is 3. The lowest BCUT2D eigenvalue weighted by molar-refractivity contribution is -0.152. The number of hydrogen-bond donors (Lipinski definition) is 1. The van der Waals surface area contributed by atoms with E-state index in [4.69, 9.17) is 14.2 Å². The number of ether oxygens (including phenoxy) is 3. The highest BCUT2D eigenvalue weighted by atomic mass is 16.6. The third kappa shape index (κ3) is 3.37. The average molecular weight is 376 g/mol. The Bertz CT molecular complexity index is 764. The van der Waals surface area contributed by atoms with Crippen molar-refractivity contribution in [1.82, 2.24) is 0 Å². The Morgan fingerprint density at radius 1 is 1.33 bits per heavy atom. The maximum absolute atomic E-state index is 12.6. The lowest BCUT2D eigenvalue weighted by Crippen LogP contribution is -2.45. The molecule has 6 atom stereocenters. The lowest BCUT2D eigenvalue weighted by Gasteiger charge is -2.31. The largest absolute Gasteiger partial charge is 0.458 e. The number of esters is 2. The molecule has 0 bridgehead atoms. The van der Waals surface area contributed by atoms with Gasteiger partial charge >= 0.3 is 11.9 Å². The van der Waals surface area contributed by atoms with Crippen molar-refractivity contribution in [2.45, 2.75) is 63.6 Å². The Balaban J connectivity index is 1.97. The molecule has 146 valence electrons. The van der Waals surface area contributed by atoms with Gasteiger partial charge in [-0.05, 0) is 20.8 Å². The number of aliphatic hydroxyl groups is 1. The SMILES string of the molecule is C=C1C(=O)O[C@H]2C[C@@]3(C)O[C@H]3CC(=O)C(=C)[C@H](OC(=O)/C(C)=C\C)[C@@H](O)[C@@H]12. The second kappa shape index (κ2) is 6.73. The molecule has 3 rings (SSSR count). The smallest absolute Gasteiger partial charge is 0.334 e. The minimum absolute atomic E-state index is 0.0367. The molecule has 0 aromatic heterocycles. The van der Waals surface area contributed by atoms with Crippen molar-refractivity contribution in [3.05, 3.63) is 36.0 Å². The number of Topliss-reactive ketones (excluding diaryl/α,β-unsaturated/α-hetero) is 1. The van der Waals surface area contributed by atoms with Crippen LogP contribution in [0, 0.1) is 5.92 Å². The molecule has 0 aromatic carbocycles. The summed E-state index contributed by atoms with van der Waals surface area (Å²) < 4.78 is 16.5. The first-order chi connectivity index (χ1) is 12.6. The van der Waals surface area contributed by atoms with E-state index in [9.17, 15) is 19.5 Å². The van der Waals surface area contributed by atoms with Crippen LogP contribution in [0.15, 0.2) is 36.0 Å². The van der Waals surface area contributed by atoms with Gasteiger partial charge in [0.2, 0.25) is 0 Å². The van der Waals surface area contributed by atoms with Crippen molar-refractivity contribution in [3.63, 3.8) is 0 Å². The first-order valence-electron chi connectivity index (χ1n) is 8.90. The van der Waals surface area contributed by atoms with E-state index < -0.39 is 41.8 Å². The number of hydrogen-bond acceptors (Lipinski definition) is 7. The van der Waals surface area contributed by atoms with Crippen LogP contribution in [0.5, 0.6) is 0 Å². The number of fused-ring (bicyclic) bond motifs is 2. The molecule has 1 aliphatic carbocycles. The van der Waals surface area contributed by atoms with Crippen LogP contribution in [-0.2, 0) is 28.6 Å². The fourth-order valence-electron chi connectivity index (χ4n) is 3.69. The van der Waals surface area contributed by atoms with E-state index in [0.29, 0.717) is 12.0 Å². The molecule has 0 amide bonds. The molecule has 3 fully saturated rings. The van der Waals surface area contributed by atoms with Gasteiger partial charge < -0.3 is 19.3 Å². The molecule has 2 aliphatic heterocycles. The van der Waals surface area contributed by atoms with Crippen LogP contribution in [-0.4, -0.2) is 52.8 Å². The second-order valence-electron chi connectivity index (χ2n) is 7.56. The number of rotatable bonds is 2. The van der Waals surface area contributed by atoms with Crippen LogP contribution in [0.4, 0.5) is 0 Å². The van der Waals surface area contributed by atoms with E-state index >= 15 is 0 Å². The monoisotopic (exact) mass is 376 g/mol. The summed E-state index contributed by atoms with van der Waals surface area (Å²) in [5.74, 6) is -2.47. The molecule has 3 aliphatic rings. The van der Waals surface area contributed by atoms with Crippen molar-refractivity contribution >= 4 is 17.7 Å². The Labute approximate surface area is 157 Å². The van der Waals surface area contributed by atoms with Crippen LogP contribution >= 0.6 is 0 Å². The van der Waals surface area contributed by atoms with E-state index in [2.05, 4.69) is 13.2 Å². The van der Waals surface area contributed by atoms with Crippen molar-refractivity contribution in [2.24, 2.45) is 5.92 Å². The van der Waals surface area contributed by atoms with Crippen molar-refractivity contribution in [2.75, 3.05) is 0 Å². The zero-order valence-electron chi connectivity index (χ0n) is 15.7. The van der Waals surface area contributed by atoms with Crippen molar-refractivity contribution < 1.29 is 33.7 Å². The number of ketones is 1. The fraction of sp³-hybridized carbons (Fsp3) is 0.550. The minimum atomic E-state index is -1.39. The van der Waals surface area contributed by atoms with E-state index in [1.165, 1.54) is 0 Å². The third-order valence-corrected chi connectivity index (χ3v) is 5.70. The molecule has 7 nitrogen and oxygen atoms in total. The molecule has 0 radical (unpaired) electrons. The zero-order valence-corrected chi connectivity index (χ0v) is 15.7. The summed E-state index contributed by atoms with van der Waals surface area (Å²) in [6.45, 7) is 12.6. The quantitative estimate of drug-likeness (QED) is 0.441. The number of allylic oxidation sites excluding steroid dienone is 1. The molecule has 2 saturated heterocycles. The number of epoxide rings is 1. The maximum Gasteiger partial charge on any atom is 0.334 e. The van der Waals surface area contributed by atoms with Gasteiger partial charge in [-0.2, -0.15) is 0 Å². The van der Waals surface area contributed by atoms with Gasteiger partial charge in [0.25, 0.3) is 0 Å². The Kier molecular flexibility index (Phi) is 4.86. The standard InChI is InChI=1S/C20H24O7/c1-6-9(2)18(23)26-17-10(3)12(21)7-14-20(5,27-14)8-13-15(16(17)22)11(4)19(24)25-13/h6,13-17,22H,3-4,7-8H2,1-2,5H3/b9-6-/t13-,14-,15-,16-,17-,20+/m0/s1. The van der Waals surface area contributed by atoms with Crippen LogP contribution in [0.1, 0.15) is 33.6 Å². The molecular weight excluding hydrogens is 352 g/mol. The first-order valence-corrected chi connectivity index (χ1v) is 8.90. The summed E-state index contributed by atoms with van der Waals surface area (Å²) in [6.07, 6.45) is -1.77. The molecule has 7 heteroatoms. The summed E-state index contributed by atoms with van der Waals surface area (Å²) in [5, 5.41) is 11.0. The van der Waals surface area contributed by atoms with E-state index in [1.807, 2.05) is 6.92 Å². The second-order valence-corrected chi connectivity index (χ2v) is 7.56. The van der Waals surface area contributed by atoms with E-state index in [-0.39, 0.29) is 29.5 Å². The summed E-state index contributed by atoms with van der Waals surface area (Å²) >= 11 is 0. The van der Waals surface area contributed by atoms with Gasteiger partial charge in [0.15, 0.2) is 11.9 Å². The molecule has 2 heterocycles. The van der Waals surface area contributed by atoms with Gasteiger partial charge in [-0.3, -0.25) is 4.79 Å². The average Bonchev–Trinajstić information content (AvgIpc) is 3.15. The predicted molar refractivity (Wildman–Crippen MR) is 94.5 cm³/mol. The lowest BCUT2D eigenvalue weighted by atomic mass is 9.79. The van der Waals surface area contributed by atoms with Crippen LogP contribution in [0.2, 0.25) is 0 Å². The van der Waals surface area contributed by atoms with E-state index in [1.54, 1.807) is 19.9 Å².